The predicted molar refractivity (Wildman–Crippen MR) is 157 cm³/mol. The Balaban J connectivity index is 1.53. The first-order valence-electron chi connectivity index (χ1n) is 12.7. The first-order valence-corrected chi connectivity index (χ1v) is 13.5. The van der Waals surface area contributed by atoms with Crippen LogP contribution in [0.3, 0.4) is 0 Å². The Morgan fingerprint density at radius 1 is 0.895 bits per heavy atom. The van der Waals surface area contributed by atoms with Gasteiger partial charge in [0.1, 0.15) is 6.04 Å². The van der Waals surface area contributed by atoms with E-state index in [2.05, 4.69) is 103 Å². The first kappa shape index (κ1) is 22.7. The van der Waals surface area contributed by atoms with Crippen LogP contribution in [0.4, 0.5) is 22.9 Å². The second kappa shape index (κ2) is 8.82. The smallest absolute Gasteiger partial charge is 0.179 e. The fourth-order valence-corrected chi connectivity index (χ4v) is 6.17. The molecule has 0 saturated carbocycles. The second-order valence-electron chi connectivity index (χ2n) is 9.69. The van der Waals surface area contributed by atoms with Crippen LogP contribution in [0.15, 0.2) is 100 Å². The Morgan fingerprint density at radius 2 is 1.71 bits per heavy atom. The van der Waals surface area contributed by atoms with Crippen LogP contribution in [0.2, 0.25) is 0 Å². The van der Waals surface area contributed by atoms with E-state index in [1.807, 2.05) is 22.9 Å². The van der Waals surface area contributed by atoms with Crippen LogP contribution in [0.25, 0.3) is 5.69 Å². The van der Waals surface area contributed by atoms with E-state index < -0.39 is 0 Å². The van der Waals surface area contributed by atoms with Crippen molar-refractivity contribution < 1.29 is 0 Å². The normalized spacial score (nSPS) is 16.9. The molecule has 38 heavy (non-hydrogen) atoms. The molecule has 0 aliphatic carbocycles. The summed E-state index contributed by atoms with van der Waals surface area (Å²) < 4.78 is 1.96. The molecular weight excluding hydrogens is 488 g/mol. The minimum Gasteiger partial charge on any atom is -0.335 e. The summed E-state index contributed by atoms with van der Waals surface area (Å²) >= 11 is 1.75. The van der Waals surface area contributed by atoms with Gasteiger partial charge in [-0.3, -0.25) is 0 Å². The standard InChI is InChI=1S/C31H26N6S/c1-19-15-16-23(20(2)18-19)32-29-31-34-30-27(21(3)35-37(30)22-10-5-4-6-11-22)28(26-14-9-17-38-26)36(31)25-13-8-7-12-24(25)33-29/h4-18,28H,1-3H3,(H,32,33)/t28-/m1/s1. The quantitative estimate of drug-likeness (QED) is 0.269. The molecule has 4 heterocycles. The van der Waals surface area contributed by atoms with E-state index in [0.29, 0.717) is 0 Å². The fourth-order valence-electron chi connectivity index (χ4n) is 5.35. The van der Waals surface area contributed by atoms with Gasteiger partial charge < -0.3 is 10.2 Å². The van der Waals surface area contributed by atoms with Gasteiger partial charge in [0.25, 0.3) is 0 Å². The van der Waals surface area contributed by atoms with Crippen molar-refractivity contribution >= 4 is 45.9 Å². The van der Waals surface area contributed by atoms with E-state index in [1.165, 1.54) is 10.4 Å². The Hall–Kier alpha value is -4.49. The van der Waals surface area contributed by atoms with Crippen LogP contribution < -0.4 is 10.2 Å². The van der Waals surface area contributed by atoms with Crippen molar-refractivity contribution in [2.75, 3.05) is 10.2 Å². The molecule has 0 spiro atoms. The number of anilines is 2. The molecule has 0 amide bonds. The molecule has 0 radical (unpaired) electrons. The molecule has 7 rings (SSSR count). The lowest BCUT2D eigenvalue weighted by molar-refractivity contribution is 0.831. The Morgan fingerprint density at radius 3 is 2.50 bits per heavy atom. The molecule has 0 bridgehead atoms. The molecule has 3 aromatic carbocycles. The van der Waals surface area contributed by atoms with E-state index in [1.54, 1.807) is 11.3 Å². The average Bonchev–Trinajstić information content (AvgIpc) is 3.58. The van der Waals surface area contributed by atoms with Gasteiger partial charge in [-0.1, -0.05) is 54.1 Å². The van der Waals surface area contributed by atoms with Gasteiger partial charge in [0.15, 0.2) is 17.5 Å². The monoisotopic (exact) mass is 514 g/mol. The maximum absolute atomic E-state index is 5.30. The molecular formula is C31H26N6S. The van der Waals surface area contributed by atoms with Crippen molar-refractivity contribution in [2.45, 2.75) is 26.8 Å². The van der Waals surface area contributed by atoms with E-state index in [4.69, 9.17) is 15.1 Å². The number of aryl methyl sites for hydroxylation is 3. The van der Waals surface area contributed by atoms with Gasteiger partial charge in [-0.2, -0.15) is 5.10 Å². The van der Waals surface area contributed by atoms with Crippen molar-refractivity contribution in [3.05, 3.63) is 118 Å². The molecule has 0 saturated heterocycles. The van der Waals surface area contributed by atoms with Crippen molar-refractivity contribution in [1.82, 2.24) is 9.78 Å². The summed E-state index contributed by atoms with van der Waals surface area (Å²) in [6.45, 7) is 6.29. The molecule has 1 atom stereocenters. The summed E-state index contributed by atoms with van der Waals surface area (Å²) in [6, 6.07) is 29.2. The molecule has 0 unspecified atom stereocenters. The van der Waals surface area contributed by atoms with Crippen LogP contribution in [0, 0.1) is 20.8 Å². The number of thiophene rings is 1. The van der Waals surface area contributed by atoms with Gasteiger partial charge in [-0.05, 0) is 68.1 Å². The number of fused-ring (bicyclic) bond motifs is 4. The summed E-state index contributed by atoms with van der Waals surface area (Å²) in [5, 5.41) is 10.7. The van der Waals surface area contributed by atoms with E-state index >= 15 is 0 Å². The fraction of sp³-hybridized carbons (Fsp3) is 0.129. The third-order valence-electron chi connectivity index (χ3n) is 7.08. The van der Waals surface area contributed by atoms with Crippen LogP contribution in [0.5, 0.6) is 0 Å². The van der Waals surface area contributed by atoms with Crippen molar-refractivity contribution in [3.8, 4) is 5.69 Å². The number of hydrogen-bond donors (Lipinski definition) is 1. The molecule has 5 aromatic rings. The summed E-state index contributed by atoms with van der Waals surface area (Å²) in [7, 11) is 0. The van der Waals surface area contributed by atoms with Crippen molar-refractivity contribution in [1.29, 1.82) is 0 Å². The number of para-hydroxylation sites is 3. The van der Waals surface area contributed by atoms with Gasteiger partial charge in [-0.15, -0.1) is 11.3 Å². The van der Waals surface area contributed by atoms with E-state index in [9.17, 15) is 0 Å². The highest BCUT2D eigenvalue weighted by Crippen LogP contribution is 2.48. The van der Waals surface area contributed by atoms with Gasteiger partial charge in [0.05, 0.1) is 28.4 Å². The summed E-state index contributed by atoms with van der Waals surface area (Å²) in [4.78, 5) is 14.0. The molecule has 2 aliphatic rings. The lowest BCUT2D eigenvalue weighted by Crippen LogP contribution is -2.48. The van der Waals surface area contributed by atoms with Gasteiger partial charge >= 0.3 is 0 Å². The zero-order chi connectivity index (χ0) is 25.8. The second-order valence-corrected chi connectivity index (χ2v) is 10.7. The molecule has 2 aliphatic heterocycles. The van der Waals surface area contributed by atoms with Crippen molar-refractivity contribution in [2.24, 2.45) is 9.98 Å². The molecule has 2 aromatic heterocycles. The largest absolute Gasteiger partial charge is 0.335 e. The van der Waals surface area contributed by atoms with Crippen LogP contribution >= 0.6 is 11.3 Å². The number of aromatic nitrogens is 2. The Kier molecular flexibility index (Phi) is 5.26. The maximum Gasteiger partial charge on any atom is 0.179 e. The molecule has 6 nitrogen and oxygen atoms in total. The zero-order valence-corrected chi connectivity index (χ0v) is 22.2. The van der Waals surface area contributed by atoms with E-state index in [-0.39, 0.29) is 6.04 Å². The predicted octanol–water partition coefficient (Wildman–Crippen LogP) is 7.65. The van der Waals surface area contributed by atoms with Crippen LogP contribution in [0.1, 0.15) is 33.3 Å². The summed E-state index contributed by atoms with van der Waals surface area (Å²) in [5.41, 5.74) is 8.41. The first-order chi connectivity index (χ1) is 18.6. The van der Waals surface area contributed by atoms with Crippen LogP contribution in [-0.4, -0.2) is 21.5 Å². The molecule has 0 fully saturated rings. The Bertz CT molecular complexity index is 1730. The Labute approximate surface area is 225 Å². The topological polar surface area (TPSA) is 57.8 Å². The molecule has 7 heteroatoms. The number of benzene rings is 3. The number of rotatable bonds is 3. The maximum atomic E-state index is 5.30. The highest BCUT2D eigenvalue weighted by molar-refractivity contribution is 7.10. The molecule has 186 valence electrons. The van der Waals surface area contributed by atoms with Crippen LogP contribution in [-0.2, 0) is 0 Å². The van der Waals surface area contributed by atoms with E-state index in [0.717, 1.165) is 57.1 Å². The lowest BCUT2D eigenvalue weighted by Gasteiger charge is -2.41. The summed E-state index contributed by atoms with van der Waals surface area (Å²) in [6.07, 6.45) is 0. The number of amidine groups is 2. The third-order valence-corrected chi connectivity index (χ3v) is 8.00. The van der Waals surface area contributed by atoms with Gasteiger partial charge in [0.2, 0.25) is 0 Å². The lowest BCUT2D eigenvalue weighted by atomic mass is 9.98. The SMILES string of the molecule is Cc1ccc(N=C2Nc3ccccc3N3C2=Nc2c(c(C)nn2-c2ccccc2)[C@H]3c2cccs2)c(C)c1. The minimum atomic E-state index is -0.0810. The minimum absolute atomic E-state index is 0.0810. The number of aliphatic imine (C=N–C) groups is 2. The number of nitrogens with one attached hydrogen (secondary N) is 1. The molecule has 1 N–H and O–H groups in total. The highest BCUT2D eigenvalue weighted by Gasteiger charge is 2.42. The zero-order valence-electron chi connectivity index (χ0n) is 21.4. The number of hydrogen-bond acceptors (Lipinski definition) is 5. The van der Waals surface area contributed by atoms with Gasteiger partial charge in [-0.25, -0.2) is 14.7 Å². The van der Waals surface area contributed by atoms with Gasteiger partial charge in [0, 0.05) is 10.4 Å². The summed E-state index contributed by atoms with van der Waals surface area (Å²) in [5.74, 6) is 2.35. The third kappa shape index (κ3) is 3.58. The van der Waals surface area contributed by atoms with Crippen molar-refractivity contribution in [3.63, 3.8) is 0 Å². The average molecular weight is 515 g/mol. The highest BCUT2D eigenvalue weighted by atomic mass is 32.1. The number of nitrogens with zero attached hydrogens (tertiary/aromatic N) is 5.